The molecule has 3 rings (SSSR count). The first-order valence-corrected chi connectivity index (χ1v) is 9.58. The zero-order valence-corrected chi connectivity index (χ0v) is 15.5. The van der Waals surface area contributed by atoms with E-state index in [-0.39, 0.29) is 24.6 Å². The van der Waals surface area contributed by atoms with E-state index in [1.165, 1.54) is 16.9 Å². The van der Waals surface area contributed by atoms with E-state index in [1.807, 2.05) is 29.6 Å². The highest BCUT2D eigenvalue weighted by atomic mass is 32.1. The van der Waals surface area contributed by atoms with Crippen LogP contribution in [0.5, 0.6) is 0 Å². The summed E-state index contributed by atoms with van der Waals surface area (Å²) in [6.07, 6.45) is 1.40. The molecule has 136 valence electrons. The minimum Gasteiger partial charge on any atom is -0.396 e. The van der Waals surface area contributed by atoms with Crippen LogP contribution < -0.4 is 5.56 Å². The number of aliphatic hydroxyl groups is 1. The second-order valence-electron chi connectivity index (χ2n) is 6.18. The third-order valence-corrected chi connectivity index (χ3v) is 5.22. The van der Waals surface area contributed by atoms with E-state index in [0.29, 0.717) is 23.4 Å². The molecule has 0 saturated heterocycles. The molecule has 2 heterocycles. The van der Waals surface area contributed by atoms with Gasteiger partial charge in [-0.05, 0) is 53.4 Å². The fourth-order valence-corrected chi connectivity index (χ4v) is 3.61. The number of nitrogens with zero attached hydrogens (tertiary/aromatic N) is 1. The zero-order valence-electron chi connectivity index (χ0n) is 14.7. The SMILES string of the molecule is CCc1ccc2[nH]c(=O)c(CN(CCCO)C(=O)c3cccs3)cc2c1. The van der Waals surface area contributed by atoms with Crippen molar-refractivity contribution in [1.29, 1.82) is 0 Å². The van der Waals surface area contributed by atoms with Crippen LogP contribution in [0.2, 0.25) is 0 Å². The van der Waals surface area contributed by atoms with Gasteiger partial charge in [0, 0.05) is 24.2 Å². The molecule has 0 aliphatic rings. The summed E-state index contributed by atoms with van der Waals surface area (Å²) >= 11 is 1.38. The van der Waals surface area contributed by atoms with Gasteiger partial charge in [-0.25, -0.2) is 0 Å². The molecule has 0 aliphatic heterocycles. The Hall–Kier alpha value is -2.44. The number of amides is 1. The molecule has 5 nitrogen and oxygen atoms in total. The third-order valence-electron chi connectivity index (χ3n) is 4.36. The maximum atomic E-state index is 12.7. The van der Waals surface area contributed by atoms with Crippen molar-refractivity contribution >= 4 is 28.1 Å². The van der Waals surface area contributed by atoms with Gasteiger partial charge in [-0.2, -0.15) is 0 Å². The maximum absolute atomic E-state index is 12.7. The number of thiophene rings is 1. The molecule has 2 aromatic heterocycles. The van der Waals surface area contributed by atoms with Crippen LogP contribution in [-0.4, -0.2) is 34.0 Å². The minimum atomic E-state index is -0.185. The molecule has 1 aromatic carbocycles. The van der Waals surface area contributed by atoms with Crippen molar-refractivity contribution in [1.82, 2.24) is 9.88 Å². The second kappa shape index (κ2) is 8.29. The van der Waals surface area contributed by atoms with E-state index in [4.69, 9.17) is 5.11 Å². The van der Waals surface area contributed by atoms with Crippen molar-refractivity contribution in [2.45, 2.75) is 26.3 Å². The van der Waals surface area contributed by atoms with Crippen molar-refractivity contribution in [3.63, 3.8) is 0 Å². The summed E-state index contributed by atoms with van der Waals surface area (Å²) in [6.45, 7) is 2.71. The first kappa shape index (κ1) is 18.4. The van der Waals surface area contributed by atoms with Gasteiger partial charge in [0.15, 0.2) is 0 Å². The molecular weight excluding hydrogens is 348 g/mol. The Kier molecular flexibility index (Phi) is 5.85. The highest BCUT2D eigenvalue weighted by molar-refractivity contribution is 7.12. The number of hydrogen-bond donors (Lipinski definition) is 2. The van der Waals surface area contributed by atoms with Crippen LogP contribution in [0, 0.1) is 0 Å². The molecule has 0 aliphatic carbocycles. The van der Waals surface area contributed by atoms with Crippen LogP contribution in [0.25, 0.3) is 10.9 Å². The quantitative estimate of drug-likeness (QED) is 0.671. The molecule has 3 aromatic rings. The van der Waals surface area contributed by atoms with Crippen LogP contribution in [0.1, 0.15) is 34.1 Å². The number of aryl methyl sites for hydroxylation is 1. The van der Waals surface area contributed by atoms with Crippen molar-refractivity contribution in [2.24, 2.45) is 0 Å². The normalized spacial score (nSPS) is 11.0. The summed E-state index contributed by atoms with van der Waals surface area (Å²) in [7, 11) is 0. The molecule has 0 radical (unpaired) electrons. The summed E-state index contributed by atoms with van der Waals surface area (Å²) in [6, 6.07) is 11.5. The fourth-order valence-electron chi connectivity index (χ4n) is 2.91. The number of rotatable bonds is 7. The summed E-state index contributed by atoms with van der Waals surface area (Å²) < 4.78 is 0. The highest BCUT2D eigenvalue weighted by Crippen LogP contribution is 2.17. The number of carbonyl (C=O) groups excluding carboxylic acids is 1. The first-order chi connectivity index (χ1) is 12.6. The van der Waals surface area contributed by atoms with Crippen molar-refractivity contribution < 1.29 is 9.90 Å². The fraction of sp³-hybridized carbons (Fsp3) is 0.300. The Morgan fingerprint density at radius 3 is 2.81 bits per heavy atom. The Labute approximate surface area is 155 Å². The summed E-state index contributed by atoms with van der Waals surface area (Å²) in [5, 5.41) is 12.0. The summed E-state index contributed by atoms with van der Waals surface area (Å²) in [5.41, 5.74) is 2.35. The number of benzene rings is 1. The molecule has 0 fully saturated rings. The van der Waals surface area contributed by atoms with Gasteiger partial charge in [0.05, 0.1) is 11.4 Å². The van der Waals surface area contributed by atoms with Gasteiger partial charge in [0.1, 0.15) is 0 Å². The third kappa shape index (κ3) is 4.03. The van der Waals surface area contributed by atoms with Gasteiger partial charge in [-0.15, -0.1) is 11.3 Å². The molecule has 0 bridgehead atoms. The predicted octanol–water partition coefficient (Wildman–Crippen LogP) is 3.18. The lowest BCUT2D eigenvalue weighted by atomic mass is 10.1. The smallest absolute Gasteiger partial charge is 0.264 e. The number of aromatic nitrogens is 1. The van der Waals surface area contributed by atoms with E-state index in [9.17, 15) is 9.59 Å². The van der Waals surface area contributed by atoms with Gasteiger partial charge >= 0.3 is 0 Å². The van der Waals surface area contributed by atoms with E-state index in [2.05, 4.69) is 18.0 Å². The standard InChI is InChI=1S/C20H22N2O3S/c1-2-14-6-7-17-15(11-14)12-16(19(24)21-17)13-22(8-4-9-23)20(25)18-5-3-10-26-18/h3,5-7,10-12,23H,2,4,8-9,13H2,1H3,(H,21,24). The molecular formula is C20H22N2O3S. The van der Waals surface area contributed by atoms with Crippen LogP contribution in [0.15, 0.2) is 46.6 Å². The van der Waals surface area contributed by atoms with Gasteiger partial charge in [0.25, 0.3) is 11.5 Å². The number of hydrogen-bond acceptors (Lipinski definition) is 4. The number of fused-ring (bicyclic) bond motifs is 1. The largest absolute Gasteiger partial charge is 0.396 e. The topological polar surface area (TPSA) is 73.4 Å². The van der Waals surface area contributed by atoms with Gasteiger partial charge in [-0.3, -0.25) is 9.59 Å². The Morgan fingerprint density at radius 2 is 2.12 bits per heavy atom. The molecule has 1 amide bonds. The van der Waals surface area contributed by atoms with Gasteiger partial charge in [0.2, 0.25) is 0 Å². The summed E-state index contributed by atoms with van der Waals surface area (Å²) in [4.78, 5) is 30.4. The first-order valence-electron chi connectivity index (χ1n) is 8.71. The molecule has 26 heavy (non-hydrogen) atoms. The molecule has 2 N–H and O–H groups in total. The molecule has 0 saturated carbocycles. The van der Waals surface area contributed by atoms with Gasteiger partial charge < -0.3 is 15.0 Å². The number of aromatic amines is 1. The Bertz CT molecular complexity index is 947. The number of carbonyl (C=O) groups is 1. The molecule has 6 heteroatoms. The van der Waals surface area contributed by atoms with E-state index in [0.717, 1.165) is 17.3 Å². The van der Waals surface area contributed by atoms with Crippen molar-refractivity contribution in [3.05, 3.63) is 68.1 Å². The number of H-pyrrole nitrogens is 1. The predicted molar refractivity (Wildman–Crippen MR) is 105 cm³/mol. The van der Waals surface area contributed by atoms with Crippen LogP contribution >= 0.6 is 11.3 Å². The zero-order chi connectivity index (χ0) is 18.5. The average Bonchev–Trinajstić information content (AvgIpc) is 3.19. The van der Waals surface area contributed by atoms with Crippen LogP contribution in [0.3, 0.4) is 0 Å². The van der Waals surface area contributed by atoms with E-state index < -0.39 is 0 Å². The monoisotopic (exact) mass is 370 g/mol. The van der Waals surface area contributed by atoms with Crippen molar-refractivity contribution in [2.75, 3.05) is 13.2 Å². The van der Waals surface area contributed by atoms with Crippen LogP contribution in [-0.2, 0) is 13.0 Å². The molecule has 0 unspecified atom stereocenters. The maximum Gasteiger partial charge on any atom is 0.264 e. The minimum absolute atomic E-state index is 0.00214. The lowest BCUT2D eigenvalue weighted by molar-refractivity contribution is 0.0736. The number of pyridine rings is 1. The average molecular weight is 370 g/mol. The lowest BCUT2D eigenvalue weighted by Crippen LogP contribution is -2.33. The van der Waals surface area contributed by atoms with Gasteiger partial charge in [-0.1, -0.05) is 19.1 Å². The van der Waals surface area contributed by atoms with E-state index >= 15 is 0 Å². The molecule has 0 atom stereocenters. The summed E-state index contributed by atoms with van der Waals surface area (Å²) in [5.74, 6) is -0.116. The number of aliphatic hydroxyl groups excluding tert-OH is 1. The second-order valence-corrected chi connectivity index (χ2v) is 7.13. The Balaban J connectivity index is 1.93. The van der Waals surface area contributed by atoms with Crippen molar-refractivity contribution in [3.8, 4) is 0 Å². The number of nitrogens with one attached hydrogen (secondary N) is 1. The van der Waals surface area contributed by atoms with Crippen LogP contribution in [0.4, 0.5) is 0 Å². The van der Waals surface area contributed by atoms with E-state index in [1.54, 1.807) is 11.0 Å². The Morgan fingerprint density at radius 1 is 1.27 bits per heavy atom. The lowest BCUT2D eigenvalue weighted by Gasteiger charge is -2.21. The molecule has 0 spiro atoms. The highest BCUT2D eigenvalue weighted by Gasteiger charge is 2.18.